The number of primary sulfonamides is 1. The van der Waals surface area contributed by atoms with E-state index < -0.39 is 10.0 Å². The smallest absolute Gasteiger partial charge is 0.238 e. The first-order valence-electron chi connectivity index (χ1n) is 6.64. The number of anilines is 2. The molecule has 19 heavy (non-hydrogen) atoms. The number of benzene rings is 1. The zero-order chi connectivity index (χ0) is 13.6. The van der Waals surface area contributed by atoms with Gasteiger partial charge in [0.1, 0.15) is 0 Å². The lowest BCUT2D eigenvalue weighted by atomic mass is 10.2. The first-order valence-corrected chi connectivity index (χ1v) is 8.19. The summed E-state index contributed by atoms with van der Waals surface area (Å²) in [7, 11) is -3.68. The fourth-order valence-electron chi connectivity index (χ4n) is 2.36. The minimum absolute atomic E-state index is 0.137. The molecule has 0 saturated heterocycles. The molecule has 2 fully saturated rings. The number of nitrogen functional groups attached to an aromatic ring is 1. The summed E-state index contributed by atoms with van der Waals surface area (Å²) in [4.78, 5) is 2.40. The van der Waals surface area contributed by atoms with E-state index >= 15 is 0 Å². The first kappa shape index (κ1) is 12.7. The van der Waals surface area contributed by atoms with Crippen LogP contribution in [0.25, 0.3) is 0 Å². The van der Waals surface area contributed by atoms with Crippen LogP contribution in [0.2, 0.25) is 0 Å². The van der Waals surface area contributed by atoms with Gasteiger partial charge < -0.3 is 10.6 Å². The summed E-state index contributed by atoms with van der Waals surface area (Å²) in [6.45, 7) is 0.975. The molecule has 0 bridgehead atoms. The molecule has 0 radical (unpaired) electrons. The van der Waals surface area contributed by atoms with E-state index in [2.05, 4.69) is 4.90 Å². The molecule has 3 rings (SSSR count). The van der Waals surface area contributed by atoms with Crippen molar-refractivity contribution in [1.82, 2.24) is 0 Å². The fourth-order valence-corrected chi connectivity index (χ4v) is 2.89. The molecule has 0 aliphatic heterocycles. The van der Waals surface area contributed by atoms with Gasteiger partial charge in [-0.1, -0.05) is 0 Å². The summed E-state index contributed by atoms with van der Waals surface area (Å²) in [5, 5.41) is 5.19. The van der Waals surface area contributed by atoms with Crippen LogP contribution in [0.5, 0.6) is 0 Å². The average Bonchev–Trinajstić information content (AvgIpc) is 3.19. The monoisotopic (exact) mass is 281 g/mol. The van der Waals surface area contributed by atoms with Crippen molar-refractivity contribution in [3.63, 3.8) is 0 Å². The van der Waals surface area contributed by atoms with Crippen LogP contribution >= 0.6 is 0 Å². The van der Waals surface area contributed by atoms with E-state index in [4.69, 9.17) is 10.9 Å². The second kappa shape index (κ2) is 4.38. The van der Waals surface area contributed by atoms with E-state index in [9.17, 15) is 8.42 Å². The second-order valence-corrected chi connectivity index (χ2v) is 7.15. The highest BCUT2D eigenvalue weighted by atomic mass is 32.2. The van der Waals surface area contributed by atoms with Crippen LogP contribution in [-0.4, -0.2) is 21.0 Å². The third-order valence-corrected chi connectivity index (χ3v) is 4.69. The third kappa shape index (κ3) is 2.84. The molecular weight excluding hydrogens is 262 g/mol. The molecular formula is C13H19N3O2S. The summed E-state index contributed by atoms with van der Waals surface area (Å²) in [5.74, 6) is 0.734. The molecule has 0 unspecified atom stereocenters. The van der Waals surface area contributed by atoms with Gasteiger partial charge in [-0.25, -0.2) is 13.6 Å². The van der Waals surface area contributed by atoms with Gasteiger partial charge in [0.05, 0.1) is 16.3 Å². The van der Waals surface area contributed by atoms with Gasteiger partial charge in [-0.15, -0.1) is 0 Å². The normalized spacial score (nSPS) is 19.4. The summed E-state index contributed by atoms with van der Waals surface area (Å²) in [6.07, 6.45) is 4.84. The van der Waals surface area contributed by atoms with Gasteiger partial charge in [0.25, 0.3) is 0 Å². The largest absolute Gasteiger partial charge is 0.397 e. The summed E-state index contributed by atoms with van der Waals surface area (Å²) >= 11 is 0. The molecule has 2 saturated carbocycles. The van der Waals surface area contributed by atoms with Gasteiger partial charge in [-0.05, 0) is 49.8 Å². The minimum atomic E-state index is -3.68. The zero-order valence-corrected chi connectivity index (χ0v) is 11.6. The predicted molar refractivity (Wildman–Crippen MR) is 75.3 cm³/mol. The highest BCUT2D eigenvalue weighted by molar-refractivity contribution is 7.89. The number of sulfonamides is 1. The van der Waals surface area contributed by atoms with Crippen LogP contribution in [0, 0.1) is 5.92 Å². The van der Waals surface area contributed by atoms with Crippen LogP contribution in [-0.2, 0) is 10.0 Å². The maximum atomic E-state index is 11.5. The van der Waals surface area contributed by atoms with Crippen molar-refractivity contribution in [1.29, 1.82) is 0 Å². The molecule has 104 valence electrons. The van der Waals surface area contributed by atoms with Crippen molar-refractivity contribution in [2.75, 3.05) is 17.2 Å². The summed E-state index contributed by atoms with van der Waals surface area (Å²) in [5.41, 5.74) is 7.46. The molecule has 6 heteroatoms. The van der Waals surface area contributed by atoms with Crippen LogP contribution < -0.4 is 15.8 Å². The molecule has 0 atom stereocenters. The minimum Gasteiger partial charge on any atom is -0.397 e. The first-order chi connectivity index (χ1) is 8.95. The second-order valence-electron chi connectivity index (χ2n) is 5.59. The Bertz CT molecular complexity index is 592. The number of nitrogens with zero attached hydrogens (tertiary/aromatic N) is 1. The molecule has 5 nitrogen and oxygen atoms in total. The molecule has 1 aromatic carbocycles. The SMILES string of the molecule is Nc1ccc(S(N)(=O)=O)cc1N(CC1CC1)C1CC1. The van der Waals surface area contributed by atoms with E-state index in [1.54, 1.807) is 12.1 Å². The van der Waals surface area contributed by atoms with E-state index in [-0.39, 0.29) is 4.90 Å². The van der Waals surface area contributed by atoms with E-state index in [0.717, 1.165) is 31.0 Å². The number of hydrogen-bond acceptors (Lipinski definition) is 4. The third-order valence-electron chi connectivity index (χ3n) is 3.78. The summed E-state index contributed by atoms with van der Waals surface area (Å²) < 4.78 is 22.9. The Labute approximate surface area is 113 Å². The Kier molecular flexibility index (Phi) is 2.94. The maximum Gasteiger partial charge on any atom is 0.238 e. The highest BCUT2D eigenvalue weighted by Gasteiger charge is 2.34. The van der Waals surface area contributed by atoms with Crippen molar-refractivity contribution in [3.05, 3.63) is 18.2 Å². The van der Waals surface area contributed by atoms with Gasteiger partial charge in [0.15, 0.2) is 0 Å². The molecule has 1 aromatic rings. The fraction of sp³-hybridized carbons (Fsp3) is 0.538. The standard InChI is InChI=1S/C13H19N3O2S/c14-12-6-5-11(19(15,17)18)7-13(12)16(10-3-4-10)8-9-1-2-9/h5-7,9-10H,1-4,8,14H2,(H2,15,17,18). The van der Waals surface area contributed by atoms with Crippen molar-refractivity contribution < 1.29 is 8.42 Å². The maximum absolute atomic E-state index is 11.5. The lowest BCUT2D eigenvalue weighted by molar-refractivity contribution is 0.597. The molecule has 2 aliphatic rings. The molecule has 0 heterocycles. The Morgan fingerprint density at radius 2 is 1.89 bits per heavy atom. The van der Waals surface area contributed by atoms with E-state index in [1.807, 2.05) is 0 Å². The quantitative estimate of drug-likeness (QED) is 0.796. The van der Waals surface area contributed by atoms with Crippen molar-refractivity contribution in [2.45, 2.75) is 36.6 Å². The van der Waals surface area contributed by atoms with Gasteiger partial charge in [-0.2, -0.15) is 0 Å². The number of nitrogens with two attached hydrogens (primary N) is 2. The lowest BCUT2D eigenvalue weighted by Gasteiger charge is -2.26. The Hall–Kier alpha value is -1.27. The number of hydrogen-bond donors (Lipinski definition) is 2. The average molecular weight is 281 g/mol. The van der Waals surface area contributed by atoms with Gasteiger partial charge >= 0.3 is 0 Å². The lowest BCUT2D eigenvalue weighted by Crippen LogP contribution is -2.29. The molecule has 0 spiro atoms. The predicted octanol–water partition coefficient (Wildman–Crippen LogP) is 1.29. The zero-order valence-electron chi connectivity index (χ0n) is 10.7. The van der Waals surface area contributed by atoms with Gasteiger partial charge in [-0.3, -0.25) is 0 Å². The van der Waals surface area contributed by atoms with Crippen LogP contribution in [0.1, 0.15) is 25.7 Å². The Morgan fingerprint density at radius 1 is 1.21 bits per heavy atom. The van der Waals surface area contributed by atoms with Crippen LogP contribution in [0.4, 0.5) is 11.4 Å². The van der Waals surface area contributed by atoms with E-state index in [1.165, 1.54) is 18.9 Å². The van der Waals surface area contributed by atoms with Crippen LogP contribution in [0.3, 0.4) is 0 Å². The van der Waals surface area contributed by atoms with Gasteiger partial charge in [0, 0.05) is 12.6 Å². The Balaban J connectivity index is 1.96. The van der Waals surface area contributed by atoms with Crippen molar-refractivity contribution in [3.8, 4) is 0 Å². The molecule has 0 aromatic heterocycles. The van der Waals surface area contributed by atoms with Gasteiger partial charge in [0.2, 0.25) is 10.0 Å². The number of rotatable bonds is 5. The Morgan fingerprint density at radius 3 is 2.42 bits per heavy atom. The summed E-state index contributed by atoms with van der Waals surface area (Å²) in [6, 6.07) is 5.23. The van der Waals surface area contributed by atoms with Crippen molar-refractivity contribution in [2.24, 2.45) is 11.1 Å². The molecule has 2 aliphatic carbocycles. The molecule has 0 amide bonds. The highest BCUT2D eigenvalue weighted by Crippen LogP contribution is 2.40. The van der Waals surface area contributed by atoms with Crippen LogP contribution in [0.15, 0.2) is 23.1 Å². The van der Waals surface area contributed by atoms with Crippen molar-refractivity contribution >= 4 is 21.4 Å². The molecule has 4 N–H and O–H groups in total. The topological polar surface area (TPSA) is 89.4 Å². The van der Waals surface area contributed by atoms with E-state index in [0.29, 0.717) is 11.7 Å².